The quantitative estimate of drug-likeness (QED) is 0.611. The molecule has 3 rings (SSSR count). The highest BCUT2D eigenvalue weighted by molar-refractivity contribution is 7.19. The Kier molecular flexibility index (Phi) is 4.89. The molecule has 27 heavy (non-hydrogen) atoms. The third-order valence-electron chi connectivity index (χ3n) is 3.72. The molecule has 1 aromatic heterocycles. The number of hydrogen-bond acceptors (Lipinski definition) is 5. The number of phenols is 2. The van der Waals surface area contributed by atoms with Gasteiger partial charge in [0.2, 0.25) is 0 Å². The lowest BCUT2D eigenvalue weighted by Gasteiger charge is -2.03. The molecule has 0 radical (unpaired) electrons. The number of nitriles is 2. The highest BCUT2D eigenvalue weighted by atomic mass is 32.1. The van der Waals surface area contributed by atoms with Gasteiger partial charge in [-0.25, -0.2) is 8.78 Å². The van der Waals surface area contributed by atoms with E-state index in [9.17, 15) is 19.0 Å². The highest BCUT2D eigenvalue weighted by Crippen LogP contribution is 2.42. The monoisotopic (exact) mass is 380 g/mol. The number of benzene rings is 2. The second kappa shape index (κ2) is 7.28. The van der Waals surface area contributed by atoms with Crippen LogP contribution in [-0.2, 0) is 0 Å². The van der Waals surface area contributed by atoms with E-state index >= 15 is 0 Å². The van der Waals surface area contributed by atoms with Crippen molar-refractivity contribution in [3.05, 3.63) is 65.2 Å². The molecule has 1 heterocycles. The van der Waals surface area contributed by atoms with Crippen LogP contribution in [-0.4, -0.2) is 10.2 Å². The normalized spacial score (nSPS) is 10.1. The Hall–Kier alpha value is -3.68. The lowest BCUT2D eigenvalue weighted by Crippen LogP contribution is -1.84. The maximum atomic E-state index is 14.4. The Morgan fingerprint density at radius 2 is 1.44 bits per heavy atom. The molecule has 0 saturated carbocycles. The SMILES string of the molecule is N#CC(C#N)=Cc1cc(-c2ccc(O)cc2F)sc1-c1ccc(O)cc1F. The molecule has 0 fully saturated rings. The van der Waals surface area contributed by atoms with Crippen LogP contribution in [0.5, 0.6) is 11.5 Å². The fraction of sp³-hybridized carbons (Fsp3) is 0. The topological polar surface area (TPSA) is 88.0 Å². The van der Waals surface area contributed by atoms with Crippen molar-refractivity contribution >= 4 is 17.4 Å². The summed E-state index contributed by atoms with van der Waals surface area (Å²) in [5.74, 6) is -1.83. The van der Waals surface area contributed by atoms with Crippen molar-refractivity contribution in [1.82, 2.24) is 0 Å². The van der Waals surface area contributed by atoms with Crippen LogP contribution in [0.3, 0.4) is 0 Å². The van der Waals surface area contributed by atoms with Crippen LogP contribution in [0.4, 0.5) is 8.78 Å². The van der Waals surface area contributed by atoms with Gasteiger partial charge in [0.1, 0.15) is 40.8 Å². The van der Waals surface area contributed by atoms with E-state index in [1.807, 2.05) is 0 Å². The average molecular weight is 380 g/mol. The van der Waals surface area contributed by atoms with Crippen molar-refractivity contribution in [2.45, 2.75) is 0 Å². The molecular formula is C20H10F2N2O2S. The molecule has 0 spiro atoms. The van der Waals surface area contributed by atoms with Gasteiger partial charge in [-0.1, -0.05) is 0 Å². The average Bonchev–Trinajstić information content (AvgIpc) is 3.02. The Labute approximate surface area is 157 Å². The summed E-state index contributed by atoms with van der Waals surface area (Å²) in [6.45, 7) is 0. The fourth-order valence-electron chi connectivity index (χ4n) is 2.49. The van der Waals surface area contributed by atoms with Crippen LogP contribution in [0.1, 0.15) is 5.56 Å². The molecule has 0 saturated heterocycles. The minimum atomic E-state index is -0.695. The van der Waals surface area contributed by atoms with E-state index in [0.717, 1.165) is 23.5 Å². The molecule has 0 aliphatic rings. The van der Waals surface area contributed by atoms with Crippen molar-refractivity contribution < 1.29 is 19.0 Å². The van der Waals surface area contributed by atoms with E-state index in [-0.39, 0.29) is 28.2 Å². The number of aromatic hydroxyl groups is 2. The lowest BCUT2D eigenvalue weighted by atomic mass is 10.1. The summed E-state index contributed by atoms with van der Waals surface area (Å²) in [7, 11) is 0. The van der Waals surface area contributed by atoms with E-state index in [0.29, 0.717) is 15.3 Å². The van der Waals surface area contributed by atoms with Gasteiger partial charge >= 0.3 is 0 Å². The summed E-state index contributed by atoms with van der Waals surface area (Å²) in [5, 5.41) is 36.8. The van der Waals surface area contributed by atoms with Crippen molar-refractivity contribution in [1.29, 1.82) is 10.5 Å². The first-order valence-corrected chi connectivity index (χ1v) is 8.38. The van der Waals surface area contributed by atoms with Gasteiger partial charge in [-0.15, -0.1) is 11.3 Å². The Morgan fingerprint density at radius 1 is 0.889 bits per heavy atom. The van der Waals surface area contributed by atoms with Gasteiger partial charge in [0.05, 0.1) is 0 Å². The van der Waals surface area contributed by atoms with Crippen molar-refractivity contribution in [3.8, 4) is 44.5 Å². The minimum Gasteiger partial charge on any atom is -0.508 e. The number of allylic oxidation sites excluding steroid dienone is 1. The van der Waals surface area contributed by atoms with Crippen LogP contribution in [0.2, 0.25) is 0 Å². The third-order valence-corrected chi connectivity index (χ3v) is 4.93. The molecule has 3 aromatic rings. The number of thiophene rings is 1. The summed E-state index contributed by atoms with van der Waals surface area (Å²) >= 11 is 1.06. The molecule has 0 atom stereocenters. The van der Waals surface area contributed by atoms with Gasteiger partial charge in [0, 0.05) is 33.0 Å². The Morgan fingerprint density at radius 3 is 1.96 bits per heavy atom. The molecular weight excluding hydrogens is 370 g/mol. The molecule has 0 aliphatic heterocycles. The minimum absolute atomic E-state index is 0.143. The largest absolute Gasteiger partial charge is 0.508 e. The van der Waals surface area contributed by atoms with Crippen LogP contribution in [0.15, 0.2) is 48.0 Å². The van der Waals surface area contributed by atoms with Gasteiger partial charge < -0.3 is 10.2 Å². The standard InChI is InChI=1S/C20H10F2N2O2S/c21-17-7-13(25)1-3-15(17)19-6-12(5-11(9-23)10-24)20(27-19)16-4-2-14(26)8-18(16)22/h1-8,25-26H. The molecule has 0 unspecified atom stereocenters. The predicted octanol–water partition coefficient (Wildman–Crippen LogP) is 5.20. The summed E-state index contributed by atoms with van der Waals surface area (Å²) in [6, 6.07) is 12.3. The number of phenolic OH excluding ortho intramolecular Hbond substituents is 2. The fourth-order valence-corrected chi connectivity index (χ4v) is 3.69. The van der Waals surface area contributed by atoms with Gasteiger partial charge in [0.25, 0.3) is 0 Å². The molecule has 0 amide bonds. The van der Waals surface area contributed by atoms with E-state index < -0.39 is 11.6 Å². The van der Waals surface area contributed by atoms with Gasteiger partial charge in [-0.3, -0.25) is 0 Å². The van der Waals surface area contributed by atoms with Crippen LogP contribution in [0.25, 0.3) is 27.0 Å². The number of rotatable bonds is 3. The summed E-state index contributed by atoms with van der Waals surface area (Å²) in [6.07, 6.45) is 1.29. The predicted molar refractivity (Wildman–Crippen MR) is 97.6 cm³/mol. The first kappa shape index (κ1) is 18.1. The van der Waals surface area contributed by atoms with Gasteiger partial charge in [0.15, 0.2) is 0 Å². The second-order valence-electron chi connectivity index (χ2n) is 5.51. The number of nitrogens with zero attached hydrogens (tertiary/aromatic N) is 2. The van der Waals surface area contributed by atoms with Crippen molar-refractivity contribution in [2.75, 3.05) is 0 Å². The first-order valence-electron chi connectivity index (χ1n) is 7.56. The van der Waals surface area contributed by atoms with Crippen molar-refractivity contribution in [2.24, 2.45) is 0 Å². The highest BCUT2D eigenvalue weighted by Gasteiger charge is 2.17. The Balaban J connectivity index is 2.25. The van der Waals surface area contributed by atoms with Crippen LogP contribution in [0, 0.1) is 34.3 Å². The lowest BCUT2D eigenvalue weighted by molar-refractivity contribution is 0.469. The maximum Gasteiger partial charge on any atom is 0.135 e. The second-order valence-corrected chi connectivity index (χ2v) is 6.56. The van der Waals surface area contributed by atoms with Gasteiger partial charge in [-0.05, 0) is 42.0 Å². The summed E-state index contributed by atoms with van der Waals surface area (Å²) < 4.78 is 28.6. The molecule has 4 nitrogen and oxygen atoms in total. The van der Waals surface area contributed by atoms with E-state index in [1.165, 1.54) is 36.4 Å². The van der Waals surface area contributed by atoms with E-state index in [4.69, 9.17) is 10.5 Å². The molecule has 2 aromatic carbocycles. The number of halogens is 2. The smallest absolute Gasteiger partial charge is 0.135 e. The van der Waals surface area contributed by atoms with Crippen molar-refractivity contribution in [3.63, 3.8) is 0 Å². The zero-order chi connectivity index (χ0) is 19.6. The molecule has 132 valence electrons. The maximum absolute atomic E-state index is 14.4. The Bertz CT molecular complexity index is 1140. The first-order chi connectivity index (χ1) is 12.9. The summed E-state index contributed by atoms with van der Waals surface area (Å²) in [4.78, 5) is 0.800. The van der Waals surface area contributed by atoms with Crippen LogP contribution < -0.4 is 0 Å². The molecule has 7 heteroatoms. The molecule has 0 bridgehead atoms. The zero-order valence-corrected chi connectivity index (χ0v) is 14.4. The third kappa shape index (κ3) is 3.64. The van der Waals surface area contributed by atoms with E-state index in [1.54, 1.807) is 12.1 Å². The van der Waals surface area contributed by atoms with Gasteiger partial charge in [-0.2, -0.15) is 10.5 Å². The molecule has 0 aliphatic carbocycles. The van der Waals surface area contributed by atoms with Crippen LogP contribution >= 0.6 is 11.3 Å². The molecule has 2 N–H and O–H groups in total. The zero-order valence-electron chi connectivity index (χ0n) is 13.6. The summed E-state index contributed by atoms with van der Waals surface area (Å²) in [5.41, 5.74) is 0.509. The van der Waals surface area contributed by atoms with E-state index in [2.05, 4.69) is 0 Å². The number of hydrogen-bond donors (Lipinski definition) is 2.